The van der Waals surface area contributed by atoms with Gasteiger partial charge >= 0.3 is 0 Å². The highest BCUT2D eigenvalue weighted by molar-refractivity contribution is 5.85. The summed E-state index contributed by atoms with van der Waals surface area (Å²) in [6.07, 6.45) is 0.740. The minimum Gasteiger partial charge on any atom is -0.383 e. The molecule has 21 heavy (non-hydrogen) atoms. The summed E-state index contributed by atoms with van der Waals surface area (Å²) in [6, 6.07) is 6.35. The molecular weight excluding hydrogens is 264 g/mol. The van der Waals surface area contributed by atoms with Gasteiger partial charge in [-0.25, -0.2) is 0 Å². The Balaban J connectivity index is 2.36. The molecular formula is C17H26N2O2. The maximum Gasteiger partial charge on any atom is 0.241 e. The summed E-state index contributed by atoms with van der Waals surface area (Å²) in [7, 11) is 1.67. The van der Waals surface area contributed by atoms with E-state index in [1.807, 2.05) is 18.7 Å². The van der Waals surface area contributed by atoms with E-state index in [4.69, 9.17) is 4.74 Å². The lowest BCUT2D eigenvalue weighted by Crippen LogP contribution is -2.41. The first-order valence-electron chi connectivity index (χ1n) is 7.63. The van der Waals surface area contributed by atoms with Crippen LogP contribution in [0.15, 0.2) is 18.2 Å². The largest absolute Gasteiger partial charge is 0.383 e. The van der Waals surface area contributed by atoms with Crippen LogP contribution in [-0.2, 0) is 9.53 Å². The normalized spacial score (nSPS) is 23.7. The molecule has 1 heterocycles. The number of nitrogens with one attached hydrogen (secondary N) is 1. The first-order valence-corrected chi connectivity index (χ1v) is 7.63. The first kappa shape index (κ1) is 16.0. The molecule has 1 aliphatic heterocycles. The molecule has 3 unspecified atom stereocenters. The molecule has 4 heteroatoms. The van der Waals surface area contributed by atoms with Crippen molar-refractivity contribution in [2.75, 3.05) is 13.7 Å². The van der Waals surface area contributed by atoms with E-state index in [-0.39, 0.29) is 24.2 Å². The Morgan fingerprint density at radius 2 is 2.10 bits per heavy atom. The number of amides is 1. The second-order valence-electron chi connectivity index (χ2n) is 5.94. The molecule has 1 saturated heterocycles. The minimum absolute atomic E-state index is 0.0530. The van der Waals surface area contributed by atoms with Crippen molar-refractivity contribution < 1.29 is 9.53 Å². The quantitative estimate of drug-likeness (QED) is 0.906. The molecule has 1 N–H and O–H groups in total. The van der Waals surface area contributed by atoms with Crippen LogP contribution in [0, 0.1) is 13.8 Å². The summed E-state index contributed by atoms with van der Waals surface area (Å²) < 4.78 is 5.25. The molecule has 0 aliphatic carbocycles. The van der Waals surface area contributed by atoms with Crippen LogP contribution in [0.1, 0.15) is 43.1 Å². The van der Waals surface area contributed by atoms with Crippen LogP contribution in [0.4, 0.5) is 0 Å². The van der Waals surface area contributed by atoms with Gasteiger partial charge < -0.3 is 9.64 Å². The molecule has 0 saturated carbocycles. The second kappa shape index (κ2) is 6.58. The van der Waals surface area contributed by atoms with Gasteiger partial charge in [0, 0.05) is 7.11 Å². The molecule has 0 spiro atoms. The highest BCUT2D eigenvalue weighted by Gasteiger charge is 2.41. The van der Waals surface area contributed by atoms with Gasteiger partial charge in [-0.3, -0.25) is 10.1 Å². The average Bonchev–Trinajstić information content (AvgIpc) is 2.75. The predicted octanol–water partition coefficient (Wildman–Crippen LogP) is 2.55. The number of nitrogens with zero attached hydrogens (tertiary/aromatic N) is 1. The molecule has 0 aromatic heterocycles. The number of carbonyl (C=O) groups is 1. The van der Waals surface area contributed by atoms with Crippen molar-refractivity contribution >= 4 is 5.91 Å². The number of ether oxygens (including phenoxy) is 1. The molecule has 1 fully saturated rings. The van der Waals surface area contributed by atoms with Crippen LogP contribution in [0.25, 0.3) is 0 Å². The summed E-state index contributed by atoms with van der Waals surface area (Å²) in [4.78, 5) is 14.6. The number of rotatable bonds is 5. The summed E-state index contributed by atoms with van der Waals surface area (Å²) in [5, 5.41) is 3.48. The number of aryl methyl sites for hydroxylation is 2. The van der Waals surface area contributed by atoms with Gasteiger partial charge in [-0.15, -0.1) is 0 Å². The van der Waals surface area contributed by atoms with Crippen molar-refractivity contribution in [3.8, 4) is 0 Å². The van der Waals surface area contributed by atoms with Crippen molar-refractivity contribution in [3.63, 3.8) is 0 Å². The molecule has 1 aromatic rings. The summed E-state index contributed by atoms with van der Waals surface area (Å²) in [5.41, 5.74) is 3.63. The Morgan fingerprint density at radius 1 is 1.38 bits per heavy atom. The van der Waals surface area contributed by atoms with E-state index in [9.17, 15) is 4.79 Å². The molecule has 116 valence electrons. The fourth-order valence-electron chi connectivity index (χ4n) is 3.11. The van der Waals surface area contributed by atoms with Gasteiger partial charge in [-0.2, -0.15) is 0 Å². The van der Waals surface area contributed by atoms with E-state index < -0.39 is 0 Å². The SMILES string of the molecule is CCC1NC(c2ccc(C)cc2C)N(C(C)COC)C1=O. The molecule has 0 bridgehead atoms. The minimum atomic E-state index is -0.102. The van der Waals surface area contributed by atoms with Crippen molar-refractivity contribution in [2.45, 2.75) is 52.4 Å². The summed E-state index contributed by atoms with van der Waals surface area (Å²) in [6.45, 7) is 8.82. The fourth-order valence-corrected chi connectivity index (χ4v) is 3.11. The third-order valence-electron chi connectivity index (χ3n) is 4.20. The zero-order chi connectivity index (χ0) is 15.6. The first-order chi connectivity index (χ1) is 9.99. The number of hydrogen-bond acceptors (Lipinski definition) is 3. The monoisotopic (exact) mass is 290 g/mol. The standard InChI is InChI=1S/C17H26N2O2/c1-6-15-17(20)19(13(4)10-21-5)16(18-15)14-8-7-11(2)9-12(14)3/h7-9,13,15-16,18H,6,10H2,1-5H3. The van der Waals surface area contributed by atoms with Crippen LogP contribution in [-0.4, -0.2) is 36.6 Å². The highest BCUT2D eigenvalue weighted by atomic mass is 16.5. The Morgan fingerprint density at radius 3 is 2.67 bits per heavy atom. The van der Waals surface area contributed by atoms with E-state index in [0.29, 0.717) is 6.61 Å². The van der Waals surface area contributed by atoms with Crippen molar-refractivity contribution in [1.82, 2.24) is 10.2 Å². The lowest BCUT2D eigenvalue weighted by Gasteiger charge is -2.31. The van der Waals surface area contributed by atoms with Gasteiger partial charge in [0.1, 0.15) is 6.17 Å². The third-order valence-corrected chi connectivity index (χ3v) is 4.20. The summed E-state index contributed by atoms with van der Waals surface area (Å²) >= 11 is 0. The molecule has 1 aliphatic rings. The topological polar surface area (TPSA) is 41.6 Å². The fraction of sp³-hybridized carbons (Fsp3) is 0.588. The van der Waals surface area contributed by atoms with Crippen molar-refractivity contribution in [1.29, 1.82) is 0 Å². The average molecular weight is 290 g/mol. The van der Waals surface area contributed by atoms with Gasteiger partial charge in [-0.1, -0.05) is 30.7 Å². The maximum atomic E-state index is 12.6. The smallest absolute Gasteiger partial charge is 0.241 e. The van der Waals surface area contributed by atoms with Crippen LogP contribution in [0.3, 0.4) is 0 Å². The zero-order valence-corrected chi connectivity index (χ0v) is 13.6. The highest BCUT2D eigenvalue weighted by Crippen LogP contribution is 2.30. The zero-order valence-electron chi connectivity index (χ0n) is 13.6. The molecule has 0 radical (unpaired) electrons. The third kappa shape index (κ3) is 3.11. The van der Waals surface area contributed by atoms with Gasteiger partial charge in [0.05, 0.1) is 18.7 Å². The van der Waals surface area contributed by atoms with Crippen LogP contribution in [0.2, 0.25) is 0 Å². The van der Waals surface area contributed by atoms with Crippen molar-refractivity contribution in [3.05, 3.63) is 34.9 Å². The molecule has 1 amide bonds. The Bertz CT molecular complexity index is 516. The van der Waals surface area contributed by atoms with E-state index in [2.05, 4.69) is 37.4 Å². The van der Waals surface area contributed by atoms with Crippen LogP contribution < -0.4 is 5.32 Å². The Kier molecular flexibility index (Phi) is 5.01. The molecule has 4 nitrogen and oxygen atoms in total. The van der Waals surface area contributed by atoms with E-state index in [1.165, 1.54) is 16.7 Å². The number of methoxy groups -OCH3 is 1. The number of benzene rings is 1. The van der Waals surface area contributed by atoms with Gasteiger partial charge in [-0.05, 0) is 38.3 Å². The van der Waals surface area contributed by atoms with Gasteiger partial charge in [0.25, 0.3) is 0 Å². The number of hydrogen-bond donors (Lipinski definition) is 1. The van der Waals surface area contributed by atoms with Crippen LogP contribution >= 0.6 is 0 Å². The maximum absolute atomic E-state index is 12.6. The van der Waals surface area contributed by atoms with E-state index in [1.54, 1.807) is 7.11 Å². The second-order valence-corrected chi connectivity index (χ2v) is 5.94. The van der Waals surface area contributed by atoms with Gasteiger partial charge in [0.15, 0.2) is 0 Å². The lowest BCUT2D eigenvalue weighted by molar-refractivity contribution is -0.133. The van der Waals surface area contributed by atoms with Gasteiger partial charge in [0.2, 0.25) is 5.91 Å². The van der Waals surface area contributed by atoms with Crippen molar-refractivity contribution in [2.24, 2.45) is 0 Å². The number of carbonyl (C=O) groups excluding carboxylic acids is 1. The van der Waals surface area contributed by atoms with Crippen LogP contribution in [0.5, 0.6) is 0 Å². The lowest BCUT2D eigenvalue weighted by atomic mass is 10.0. The molecule has 2 rings (SSSR count). The van der Waals surface area contributed by atoms with E-state index >= 15 is 0 Å². The Hall–Kier alpha value is -1.39. The molecule has 3 atom stereocenters. The summed E-state index contributed by atoms with van der Waals surface area (Å²) in [5.74, 6) is 0.173. The van der Waals surface area contributed by atoms with E-state index in [0.717, 1.165) is 6.42 Å². The Labute approximate surface area is 127 Å². The molecule has 1 aromatic carbocycles. The predicted molar refractivity (Wildman–Crippen MR) is 84.1 cm³/mol.